The van der Waals surface area contributed by atoms with E-state index in [0.29, 0.717) is 39.3 Å². The van der Waals surface area contributed by atoms with E-state index in [4.69, 9.17) is 0 Å². The van der Waals surface area contributed by atoms with Crippen molar-refractivity contribution in [3.05, 3.63) is 42.5 Å². The summed E-state index contributed by atoms with van der Waals surface area (Å²) in [4.78, 5) is 27.6. The zero-order valence-corrected chi connectivity index (χ0v) is 13.9. The van der Waals surface area contributed by atoms with Crippen LogP contribution in [0.3, 0.4) is 0 Å². The van der Waals surface area contributed by atoms with Gasteiger partial charge in [-0.2, -0.15) is 0 Å². The van der Waals surface area contributed by atoms with Crippen LogP contribution in [0.15, 0.2) is 30.9 Å². The quantitative estimate of drug-likeness (QED) is 0.714. The maximum absolute atomic E-state index is 13.1. The van der Waals surface area contributed by atoms with Gasteiger partial charge in [-0.15, -0.1) is 6.58 Å². The molecule has 0 aromatic heterocycles. The number of anilines is 1. The number of amides is 2. The van der Waals surface area contributed by atoms with E-state index in [1.54, 1.807) is 6.08 Å². The van der Waals surface area contributed by atoms with E-state index < -0.39 is 11.6 Å². The first kappa shape index (κ1) is 19.0. The highest BCUT2D eigenvalue weighted by Gasteiger charge is 2.20. The van der Waals surface area contributed by atoms with Crippen molar-refractivity contribution >= 4 is 17.5 Å². The first-order valence-corrected chi connectivity index (χ1v) is 8.05. The summed E-state index contributed by atoms with van der Waals surface area (Å²) in [5, 5.41) is 5.27. The average Bonchev–Trinajstić information content (AvgIpc) is 2.58. The van der Waals surface area contributed by atoms with Gasteiger partial charge in [0.2, 0.25) is 11.8 Å². The van der Waals surface area contributed by atoms with E-state index in [1.165, 1.54) is 6.07 Å². The minimum atomic E-state index is -0.999. The Balaban J connectivity index is 1.72. The highest BCUT2D eigenvalue weighted by Crippen LogP contribution is 2.13. The topological polar surface area (TPSA) is 64.7 Å². The molecule has 2 amide bonds. The molecule has 2 N–H and O–H groups in total. The molecule has 2 rings (SSSR count). The van der Waals surface area contributed by atoms with Crippen LogP contribution in [0.1, 0.15) is 0 Å². The van der Waals surface area contributed by atoms with Gasteiger partial charge in [0.25, 0.3) is 0 Å². The van der Waals surface area contributed by atoms with Crippen molar-refractivity contribution in [2.24, 2.45) is 0 Å². The molecule has 1 heterocycles. The molecule has 0 spiro atoms. The lowest BCUT2D eigenvalue weighted by Crippen LogP contribution is -2.51. The van der Waals surface area contributed by atoms with Gasteiger partial charge in [0.15, 0.2) is 11.6 Å². The second kappa shape index (κ2) is 9.24. The number of carbonyl (C=O) groups is 2. The van der Waals surface area contributed by atoms with Crippen molar-refractivity contribution in [2.45, 2.75) is 0 Å². The Kier molecular flexibility index (Phi) is 7.03. The van der Waals surface area contributed by atoms with Gasteiger partial charge >= 0.3 is 0 Å². The van der Waals surface area contributed by atoms with Crippen LogP contribution in [-0.2, 0) is 9.59 Å². The third kappa shape index (κ3) is 6.24. The smallest absolute Gasteiger partial charge is 0.238 e. The predicted molar refractivity (Wildman–Crippen MR) is 91.1 cm³/mol. The Hall–Kier alpha value is -2.32. The molecular formula is C17H22F2N4O2. The number of carbonyl (C=O) groups excluding carboxylic acids is 2. The lowest BCUT2D eigenvalue weighted by Gasteiger charge is -2.33. The second-order valence-electron chi connectivity index (χ2n) is 5.82. The molecule has 8 heteroatoms. The molecule has 1 aliphatic heterocycles. The fourth-order valence-corrected chi connectivity index (χ4v) is 2.53. The number of nitrogens with one attached hydrogen (secondary N) is 2. The number of piperazine rings is 1. The van der Waals surface area contributed by atoms with E-state index in [0.717, 1.165) is 12.1 Å². The van der Waals surface area contributed by atoms with Gasteiger partial charge in [-0.05, 0) is 12.1 Å². The third-order valence-corrected chi connectivity index (χ3v) is 3.85. The number of nitrogens with zero attached hydrogens (tertiary/aromatic N) is 2. The van der Waals surface area contributed by atoms with Crippen LogP contribution < -0.4 is 10.6 Å². The van der Waals surface area contributed by atoms with Crippen LogP contribution in [0.25, 0.3) is 0 Å². The number of benzene rings is 1. The maximum atomic E-state index is 13.1. The van der Waals surface area contributed by atoms with E-state index >= 15 is 0 Å². The number of rotatable bonds is 7. The van der Waals surface area contributed by atoms with E-state index in [1.807, 2.05) is 9.80 Å². The molecular weight excluding hydrogens is 330 g/mol. The lowest BCUT2D eigenvalue weighted by atomic mass is 10.2. The molecule has 1 aliphatic rings. The average molecular weight is 352 g/mol. The first-order valence-electron chi connectivity index (χ1n) is 8.05. The summed E-state index contributed by atoms with van der Waals surface area (Å²) in [7, 11) is 0. The van der Waals surface area contributed by atoms with Gasteiger partial charge in [0.05, 0.1) is 13.1 Å². The summed E-state index contributed by atoms with van der Waals surface area (Å²) in [6.45, 7) is 7.14. The Morgan fingerprint density at radius 1 is 1.04 bits per heavy atom. The minimum absolute atomic E-state index is 0.0515. The van der Waals surface area contributed by atoms with Gasteiger partial charge in [0.1, 0.15) is 0 Å². The molecule has 0 unspecified atom stereocenters. The standard InChI is InChI=1S/C17H22F2N4O2/c1-2-5-20-16(24)11-22-6-8-23(9-7-22)12-17(25)21-13-3-4-14(18)15(19)10-13/h2-4,10H,1,5-9,11-12H2,(H,20,24)(H,21,25). The van der Waals surface area contributed by atoms with Gasteiger partial charge in [-0.3, -0.25) is 19.4 Å². The van der Waals surface area contributed by atoms with Crippen molar-refractivity contribution in [3.8, 4) is 0 Å². The summed E-state index contributed by atoms with van der Waals surface area (Å²) >= 11 is 0. The molecule has 1 fully saturated rings. The number of hydrogen-bond acceptors (Lipinski definition) is 4. The molecule has 1 saturated heterocycles. The second-order valence-corrected chi connectivity index (χ2v) is 5.82. The largest absolute Gasteiger partial charge is 0.352 e. The van der Waals surface area contributed by atoms with Crippen molar-refractivity contribution in [2.75, 3.05) is 51.1 Å². The summed E-state index contributed by atoms with van der Waals surface area (Å²) in [5.74, 6) is -2.29. The van der Waals surface area contributed by atoms with Crippen LogP contribution in [0, 0.1) is 11.6 Å². The van der Waals surface area contributed by atoms with Crippen molar-refractivity contribution < 1.29 is 18.4 Å². The SMILES string of the molecule is C=CCNC(=O)CN1CCN(CC(=O)Nc2ccc(F)c(F)c2)CC1. The molecule has 1 aromatic carbocycles. The monoisotopic (exact) mass is 352 g/mol. The van der Waals surface area contributed by atoms with E-state index in [-0.39, 0.29) is 24.0 Å². The normalized spacial score (nSPS) is 15.6. The number of halogens is 2. The first-order chi connectivity index (χ1) is 12.0. The van der Waals surface area contributed by atoms with Gasteiger partial charge in [-0.1, -0.05) is 6.08 Å². The highest BCUT2D eigenvalue weighted by molar-refractivity contribution is 5.92. The molecule has 0 atom stereocenters. The molecule has 0 aliphatic carbocycles. The third-order valence-electron chi connectivity index (χ3n) is 3.85. The van der Waals surface area contributed by atoms with Crippen LogP contribution in [0.5, 0.6) is 0 Å². The zero-order chi connectivity index (χ0) is 18.2. The summed E-state index contributed by atoms with van der Waals surface area (Å²) in [5.41, 5.74) is 0.224. The minimum Gasteiger partial charge on any atom is -0.352 e. The molecule has 25 heavy (non-hydrogen) atoms. The molecule has 0 radical (unpaired) electrons. The Bertz CT molecular complexity index is 631. The Morgan fingerprint density at radius 3 is 2.20 bits per heavy atom. The molecule has 0 bridgehead atoms. The van der Waals surface area contributed by atoms with Gasteiger partial charge in [0, 0.05) is 44.5 Å². The Morgan fingerprint density at radius 2 is 1.64 bits per heavy atom. The van der Waals surface area contributed by atoms with Gasteiger partial charge < -0.3 is 10.6 Å². The molecule has 136 valence electrons. The molecule has 0 saturated carbocycles. The predicted octanol–water partition coefficient (Wildman–Crippen LogP) is 0.823. The van der Waals surface area contributed by atoms with Crippen LogP contribution in [-0.4, -0.2) is 67.4 Å². The van der Waals surface area contributed by atoms with Crippen molar-refractivity contribution in [1.82, 2.24) is 15.1 Å². The summed E-state index contributed by atoms with van der Waals surface area (Å²) in [6.07, 6.45) is 1.63. The number of hydrogen-bond donors (Lipinski definition) is 2. The Labute approximate surface area is 145 Å². The summed E-state index contributed by atoms with van der Waals surface area (Å²) in [6, 6.07) is 3.24. The van der Waals surface area contributed by atoms with Crippen molar-refractivity contribution in [1.29, 1.82) is 0 Å². The molecule has 6 nitrogen and oxygen atoms in total. The maximum Gasteiger partial charge on any atom is 0.238 e. The fraction of sp³-hybridized carbons (Fsp3) is 0.412. The van der Waals surface area contributed by atoms with Gasteiger partial charge in [-0.25, -0.2) is 8.78 Å². The van der Waals surface area contributed by atoms with Crippen molar-refractivity contribution in [3.63, 3.8) is 0 Å². The van der Waals surface area contributed by atoms with Crippen LogP contribution in [0.4, 0.5) is 14.5 Å². The van der Waals surface area contributed by atoms with E-state index in [9.17, 15) is 18.4 Å². The summed E-state index contributed by atoms with van der Waals surface area (Å²) < 4.78 is 26.0. The highest BCUT2D eigenvalue weighted by atomic mass is 19.2. The van der Waals surface area contributed by atoms with E-state index in [2.05, 4.69) is 17.2 Å². The lowest BCUT2D eigenvalue weighted by molar-refractivity contribution is -0.123. The zero-order valence-electron chi connectivity index (χ0n) is 13.9. The molecule has 1 aromatic rings. The van der Waals surface area contributed by atoms with Crippen LogP contribution in [0.2, 0.25) is 0 Å². The van der Waals surface area contributed by atoms with Crippen LogP contribution >= 0.6 is 0 Å². The fourth-order valence-electron chi connectivity index (χ4n) is 2.53.